The van der Waals surface area contributed by atoms with Gasteiger partial charge in [0, 0.05) is 30.6 Å². The zero-order valence-electron chi connectivity index (χ0n) is 12.6. The van der Waals surface area contributed by atoms with Crippen LogP contribution >= 0.6 is 0 Å². The first-order chi connectivity index (χ1) is 9.68. The first-order valence-electron chi connectivity index (χ1n) is 7.08. The van der Waals surface area contributed by atoms with Crippen molar-refractivity contribution in [3.05, 3.63) is 35.6 Å². The molecule has 20 heavy (non-hydrogen) atoms. The fraction of sp³-hybridized carbons (Fsp3) is 0.500. The van der Waals surface area contributed by atoms with Gasteiger partial charge in [-0.05, 0) is 27.1 Å². The summed E-state index contributed by atoms with van der Waals surface area (Å²) >= 11 is 0. The van der Waals surface area contributed by atoms with Gasteiger partial charge in [-0.2, -0.15) is 0 Å². The quantitative estimate of drug-likeness (QED) is 0.751. The lowest BCUT2D eigenvalue weighted by molar-refractivity contribution is 0.119. The van der Waals surface area contributed by atoms with E-state index in [-0.39, 0.29) is 0 Å². The van der Waals surface area contributed by atoms with Crippen LogP contribution in [0.2, 0.25) is 0 Å². The molecule has 4 heteroatoms. The third-order valence-electron chi connectivity index (χ3n) is 3.31. The summed E-state index contributed by atoms with van der Waals surface area (Å²) in [7, 11) is 4.10. The van der Waals surface area contributed by atoms with Crippen molar-refractivity contribution in [2.24, 2.45) is 0 Å². The minimum atomic E-state index is 0.739. The largest absolute Gasteiger partial charge is 0.461 e. The second-order valence-corrected chi connectivity index (χ2v) is 5.23. The Morgan fingerprint density at radius 1 is 1.20 bits per heavy atom. The topological polar surface area (TPSA) is 37.6 Å². The summed E-state index contributed by atoms with van der Waals surface area (Å²) in [6.45, 7) is 6.17. The van der Waals surface area contributed by atoms with Gasteiger partial charge in [0.05, 0.1) is 13.2 Å². The monoisotopic (exact) mass is 276 g/mol. The number of fused-ring (bicyclic) bond motifs is 1. The molecule has 0 atom stereocenters. The van der Waals surface area contributed by atoms with Crippen LogP contribution in [0.3, 0.4) is 0 Å². The van der Waals surface area contributed by atoms with Crippen molar-refractivity contribution in [2.75, 3.05) is 40.4 Å². The molecule has 0 bridgehead atoms. The van der Waals surface area contributed by atoms with E-state index < -0.39 is 0 Å². The van der Waals surface area contributed by atoms with Crippen molar-refractivity contribution in [3.8, 4) is 0 Å². The molecule has 0 saturated carbocycles. The van der Waals surface area contributed by atoms with Gasteiger partial charge in [0.2, 0.25) is 0 Å². The molecule has 0 aliphatic rings. The molecule has 0 saturated heterocycles. The molecule has 2 aromatic rings. The number of hydrogen-bond acceptors (Lipinski definition) is 4. The van der Waals surface area contributed by atoms with E-state index in [0.717, 1.165) is 44.2 Å². The van der Waals surface area contributed by atoms with Crippen molar-refractivity contribution < 1.29 is 9.15 Å². The molecule has 1 aromatic carbocycles. The summed E-state index contributed by atoms with van der Waals surface area (Å²) in [5.74, 6) is 0.993. The van der Waals surface area contributed by atoms with Crippen molar-refractivity contribution in [2.45, 2.75) is 13.5 Å². The van der Waals surface area contributed by atoms with Crippen molar-refractivity contribution in [1.29, 1.82) is 0 Å². The second-order valence-electron chi connectivity index (χ2n) is 5.23. The summed E-state index contributed by atoms with van der Waals surface area (Å²) in [5, 5.41) is 4.61. The van der Waals surface area contributed by atoms with Gasteiger partial charge in [-0.25, -0.2) is 0 Å². The fourth-order valence-corrected chi connectivity index (χ4v) is 2.15. The molecule has 0 fully saturated rings. The fourth-order valence-electron chi connectivity index (χ4n) is 2.15. The lowest BCUT2D eigenvalue weighted by Gasteiger charge is -2.10. The number of aryl methyl sites for hydroxylation is 1. The molecule has 0 aliphatic heterocycles. The molecular weight excluding hydrogens is 252 g/mol. The van der Waals surface area contributed by atoms with Gasteiger partial charge in [-0.1, -0.05) is 18.2 Å². The minimum absolute atomic E-state index is 0.739. The molecule has 4 nitrogen and oxygen atoms in total. The van der Waals surface area contributed by atoms with Gasteiger partial charge in [-0.3, -0.25) is 0 Å². The highest BCUT2D eigenvalue weighted by Crippen LogP contribution is 2.24. The summed E-state index contributed by atoms with van der Waals surface area (Å²) in [6, 6.07) is 8.17. The maximum absolute atomic E-state index is 5.74. The van der Waals surface area contributed by atoms with Crippen LogP contribution in [-0.4, -0.2) is 45.3 Å². The van der Waals surface area contributed by atoms with E-state index in [1.165, 1.54) is 10.9 Å². The standard InChI is InChI=1S/C16H24N2O2/c1-13-15(14-6-4-5-7-16(14)20-13)12-17-8-10-19-11-9-18(2)3/h4-7,17H,8-12H2,1-3H3. The average molecular weight is 276 g/mol. The van der Waals surface area contributed by atoms with E-state index in [1.54, 1.807) is 0 Å². The average Bonchev–Trinajstić information content (AvgIpc) is 2.73. The third kappa shape index (κ3) is 4.07. The lowest BCUT2D eigenvalue weighted by Crippen LogP contribution is -2.23. The molecule has 0 unspecified atom stereocenters. The van der Waals surface area contributed by atoms with Crippen LogP contribution in [0.25, 0.3) is 11.0 Å². The first kappa shape index (κ1) is 15.0. The Labute approximate surface area is 120 Å². The normalized spacial score (nSPS) is 11.6. The van der Waals surface area contributed by atoms with Crippen LogP contribution in [0.4, 0.5) is 0 Å². The van der Waals surface area contributed by atoms with Crippen LogP contribution in [0, 0.1) is 6.92 Å². The summed E-state index contributed by atoms with van der Waals surface area (Å²) < 4.78 is 11.3. The van der Waals surface area contributed by atoms with Crippen LogP contribution in [0.5, 0.6) is 0 Å². The van der Waals surface area contributed by atoms with Gasteiger partial charge >= 0.3 is 0 Å². The van der Waals surface area contributed by atoms with E-state index in [1.807, 2.05) is 39.2 Å². The highest BCUT2D eigenvalue weighted by Gasteiger charge is 2.09. The Bertz CT molecular complexity index is 534. The molecule has 0 aliphatic carbocycles. The van der Waals surface area contributed by atoms with E-state index in [9.17, 15) is 0 Å². The third-order valence-corrected chi connectivity index (χ3v) is 3.31. The minimum Gasteiger partial charge on any atom is -0.461 e. The second kappa shape index (κ2) is 7.43. The van der Waals surface area contributed by atoms with Crippen LogP contribution < -0.4 is 5.32 Å². The number of likely N-dealkylation sites (N-methyl/N-ethyl adjacent to an activating group) is 1. The molecule has 0 amide bonds. The summed E-state index contributed by atoms with van der Waals surface area (Å²) in [4.78, 5) is 2.12. The van der Waals surface area contributed by atoms with Crippen LogP contribution in [0.1, 0.15) is 11.3 Å². The maximum atomic E-state index is 5.74. The Balaban J connectivity index is 1.75. The number of hydrogen-bond donors (Lipinski definition) is 1. The smallest absolute Gasteiger partial charge is 0.134 e. The maximum Gasteiger partial charge on any atom is 0.134 e. The zero-order valence-corrected chi connectivity index (χ0v) is 12.6. The predicted molar refractivity (Wildman–Crippen MR) is 82.0 cm³/mol. The van der Waals surface area contributed by atoms with E-state index in [2.05, 4.69) is 16.3 Å². The molecule has 1 aromatic heterocycles. The Kier molecular flexibility index (Phi) is 5.59. The van der Waals surface area contributed by atoms with E-state index >= 15 is 0 Å². The predicted octanol–water partition coefficient (Wildman–Crippen LogP) is 2.41. The number of nitrogens with zero attached hydrogens (tertiary/aromatic N) is 1. The highest BCUT2D eigenvalue weighted by atomic mass is 16.5. The van der Waals surface area contributed by atoms with E-state index in [4.69, 9.17) is 9.15 Å². The molecule has 0 radical (unpaired) electrons. The van der Waals surface area contributed by atoms with Gasteiger partial charge in [0.25, 0.3) is 0 Å². The summed E-state index contributed by atoms with van der Waals surface area (Å²) in [5.41, 5.74) is 2.21. The summed E-state index contributed by atoms with van der Waals surface area (Å²) in [6.07, 6.45) is 0. The number of benzene rings is 1. The molecule has 1 heterocycles. The number of rotatable bonds is 8. The SMILES string of the molecule is Cc1oc2ccccc2c1CNCCOCCN(C)C. The van der Waals surface area contributed by atoms with Gasteiger partial charge in [0.1, 0.15) is 11.3 Å². The number of para-hydroxylation sites is 1. The van der Waals surface area contributed by atoms with Crippen molar-refractivity contribution in [3.63, 3.8) is 0 Å². The molecule has 110 valence electrons. The van der Waals surface area contributed by atoms with Gasteiger partial charge < -0.3 is 19.4 Å². The van der Waals surface area contributed by atoms with Gasteiger partial charge in [0.15, 0.2) is 0 Å². The Hall–Kier alpha value is -1.36. The van der Waals surface area contributed by atoms with Crippen LogP contribution in [-0.2, 0) is 11.3 Å². The molecule has 1 N–H and O–H groups in total. The number of ether oxygens (including phenoxy) is 1. The molecule has 2 rings (SSSR count). The lowest BCUT2D eigenvalue weighted by atomic mass is 10.1. The van der Waals surface area contributed by atoms with Crippen molar-refractivity contribution in [1.82, 2.24) is 10.2 Å². The first-order valence-corrected chi connectivity index (χ1v) is 7.08. The zero-order chi connectivity index (χ0) is 14.4. The molecule has 0 spiro atoms. The highest BCUT2D eigenvalue weighted by molar-refractivity contribution is 5.82. The number of nitrogens with one attached hydrogen (secondary N) is 1. The Morgan fingerprint density at radius 3 is 2.80 bits per heavy atom. The van der Waals surface area contributed by atoms with Crippen molar-refractivity contribution >= 4 is 11.0 Å². The molecular formula is C16H24N2O2. The Morgan fingerprint density at radius 2 is 2.00 bits per heavy atom. The van der Waals surface area contributed by atoms with Crippen LogP contribution in [0.15, 0.2) is 28.7 Å². The van der Waals surface area contributed by atoms with E-state index in [0.29, 0.717) is 0 Å². The van der Waals surface area contributed by atoms with Gasteiger partial charge in [-0.15, -0.1) is 0 Å². The number of furan rings is 1.